The minimum Gasteiger partial charge on any atom is -0.333 e. The first-order chi connectivity index (χ1) is 10.2. The molecule has 3 heteroatoms. The van der Waals surface area contributed by atoms with Crippen LogP contribution in [-0.2, 0) is 0 Å². The third-order valence-electron chi connectivity index (χ3n) is 4.16. The van der Waals surface area contributed by atoms with Gasteiger partial charge in [0, 0.05) is 18.0 Å². The fourth-order valence-corrected chi connectivity index (χ4v) is 3.73. The standard InChI is InChI=1S/C18H27NOS/c1-15-10-11-16(2)17(14-15)21-18(20)19-12-8-6-4-3-5-7-9-13-19/h10-11,14H,3-9,12-13H2,1-2H3. The SMILES string of the molecule is Cc1ccc(C)c(SC(=O)N2CCCCCCCCC2)c1. The lowest BCUT2D eigenvalue weighted by Crippen LogP contribution is -2.30. The minimum absolute atomic E-state index is 0.226. The van der Waals surface area contributed by atoms with Crippen LogP contribution in [0.1, 0.15) is 56.1 Å². The van der Waals surface area contributed by atoms with E-state index in [9.17, 15) is 4.79 Å². The molecule has 0 saturated carbocycles. The average molecular weight is 305 g/mol. The van der Waals surface area contributed by atoms with Crippen molar-refractivity contribution in [3.05, 3.63) is 29.3 Å². The molecule has 1 aliphatic heterocycles. The van der Waals surface area contributed by atoms with Gasteiger partial charge in [0.15, 0.2) is 0 Å². The molecule has 0 aromatic heterocycles. The van der Waals surface area contributed by atoms with Crippen molar-refractivity contribution in [2.75, 3.05) is 13.1 Å². The van der Waals surface area contributed by atoms with Crippen molar-refractivity contribution in [1.29, 1.82) is 0 Å². The van der Waals surface area contributed by atoms with Crippen LogP contribution < -0.4 is 0 Å². The van der Waals surface area contributed by atoms with E-state index < -0.39 is 0 Å². The van der Waals surface area contributed by atoms with E-state index in [1.807, 2.05) is 0 Å². The summed E-state index contributed by atoms with van der Waals surface area (Å²) in [6.07, 6.45) is 8.84. The highest BCUT2D eigenvalue weighted by atomic mass is 32.2. The van der Waals surface area contributed by atoms with Gasteiger partial charge in [0.05, 0.1) is 0 Å². The largest absolute Gasteiger partial charge is 0.333 e. The summed E-state index contributed by atoms with van der Waals surface area (Å²) in [4.78, 5) is 15.8. The third-order valence-corrected chi connectivity index (χ3v) is 5.25. The molecule has 116 valence electrons. The van der Waals surface area contributed by atoms with E-state index in [0.29, 0.717) is 0 Å². The van der Waals surface area contributed by atoms with Crippen molar-refractivity contribution in [1.82, 2.24) is 4.90 Å². The molecule has 1 heterocycles. The smallest absolute Gasteiger partial charge is 0.286 e. The Bertz CT molecular complexity index is 462. The van der Waals surface area contributed by atoms with Crippen molar-refractivity contribution >= 4 is 17.0 Å². The van der Waals surface area contributed by atoms with Crippen molar-refractivity contribution in [2.45, 2.75) is 63.7 Å². The van der Waals surface area contributed by atoms with Crippen molar-refractivity contribution in [3.63, 3.8) is 0 Å². The lowest BCUT2D eigenvalue weighted by molar-refractivity contribution is 0.219. The Morgan fingerprint density at radius 3 is 2.14 bits per heavy atom. The monoisotopic (exact) mass is 305 g/mol. The Morgan fingerprint density at radius 1 is 0.952 bits per heavy atom. The molecule has 2 rings (SSSR count). The number of benzene rings is 1. The van der Waals surface area contributed by atoms with Crippen LogP contribution in [-0.4, -0.2) is 23.2 Å². The van der Waals surface area contributed by atoms with Gasteiger partial charge in [0.25, 0.3) is 5.24 Å². The maximum atomic E-state index is 12.6. The van der Waals surface area contributed by atoms with Crippen LogP contribution in [0.2, 0.25) is 0 Å². The summed E-state index contributed by atoms with van der Waals surface area (Å²) >= 11 is 1.41. The van der Waals surface area contributed by atoms with Crippen LogP contribution in [0.15, 0.2) is 23.1 Å². The zero-order chi connectivity index (χ0) is 15.1. The van der Waals surface area contributed by atoms with Crippen LogP contribution in [0.4, 0.5) is 4.79 Å². The topological polar surface area (TPSA) is 20.3 Å². The number of carbonyl (C=O) groups excluding carboxylic acids is 1. The fourth-order valence-electron chi connectivity index (χ4n) is 2.76. The molecule has 1 fully saturated rings. The van der Waals surface area contributed by atoms with Crippen LogP contribution >= 0.6 is 11.8 Å². The van der Waals surface area contributed by atoms with E-state index in [4.69, 9.17) is 0 Å². The predicted octanol–water partition coefficient (Wildman–Crippen LogP) is 5.56. The van der Waals surface area contributed by atoms with Gasteiger partial charge in [-0.25, -0.2) is 0 Å². The van der Waals surface area contributed by atoms with Crippen molar-refractivity contribution < 1.29 is 4.79 Å². The Morgan fingerprint density at radius 2 is 1.52 bits per heavy atom. The highest BCUT2D eigenvalue weighted by molar-refractivity contribution is 8.13. The van der Waals surface area contributed by atoms with Crippen LogP contribution in [0.5, 0.6) is 0 Å². The summed E-state index contributed by atoms with van der Waals surface area (Å²) < 4.78 is 0. The molecule has 0 unspecified atom stereocenters. The van der Waals surface area contributed by atoms with Gasteiger partial charge in [-0.2, -0.15) is 0 Å². The molecule has 0 spiro atoms. The minimum atomic E-state index is 0.226. The number of amides is 1. The first-order valence-corrected chi connectivity index (χ1v) is 9.02. The van der Waals surface area contributed by atoms with E-state index >= 15 is 0 Å². The van der Waals surface area contributed by atoms with Gasteiger partial charge in [-0.15, -0.1) is 0 Å². The molecule has 0 radical (unpaired) electrons. The third kappa shape index (κ3) is 5.39. The van der Waals surface area contributed by atoms with Gasteiger partial charge in [-0.1, -0.05) is 44.2 Å². The highest BCUT2D eigenvalue weighted by Crippen LogP contribution is 2.27. The molecule has 2 nitrogen and oxygen atoms in total. The van der Waals surface area contributed by atoms with E-state index in [0.717, 1.165) is 30.8 Å². The van der Waals surface area contributed by atoms with Gasteiger partial charge in [-0.3, -0.25) is 4.79 Å². The summed E-state index contributed by atoms with van der Waals surface area (Å²) in [5.41, 5.74) is 2.41. The summed E-state index contributed by atoms with van der Waals surface area (Å²) in [5.74, 6) is 0. The molecular formula is C18H27NOS. The maximum absolute atomic E-state index is 12.6. The number of hydrogen-bond acceptors (Lipinski definition) is 2. The molecule has 1 saturated heterocycles. The molecule has 1 aromatic rings. The van der Waals surface area contributed by atoms with Crippen molar-refractivity contribution in [2.24, 2.45) is 0 Å². The molecule has 0 N–H and O–H groups in total. The van der Waals surface area contributed by atoms with E-state index in [-0.39, 0.29) is 5.24 Å². The molecule has 1 aliphatic rings. The molecule has 0 atom stereocenters. The number of rotatable bonds is 1. The number of thioether (sulfide) groups is 1. The Kier molecular flexibility index (Phi) is 6.62. The van der Waals surface area contributed by atoms with Gasteiger partial charge in [-0.05, 0) is 55.6 Å². The zero-order valence-electron chi connectivity index (χ0n) is 13.4. The Labute approximate surface area is 133 Å². The van der Waals surface area contributed by atoms with Gasteiger partial charge in [0.2, 0.25) is 0 Å². The van der Waals surface area contributed by atoms with Gasteiger partial charge in [0.1, 0.15) is 0 Å². The number of carbonyl (C=O) groups is 1. The zero-order valence-corrected chi connectivity index (χ0v) is 14.2. The first kappa shape index (κ1) is 16.4. The van der Waals surface area contributed by atoms with Crippen LogP contribution in [0, 0.1) is 13.8 Å². The predicted molar refractivity (Wildman–Crippen MR) is 91.1 cm³/mol. The van der Waals surface area contributed by atoms with E-state index in [1.165, 1.54) is 55.0 Å². The number of aryl methyl sites for hydroxylation is 2. The van der Waals surface area contributed by atoms with Crippen LogP contribution in [0.3, 0.4) is 0 Å². The second-order valence-electron chi connectivity index (χ2n) is 6.10. The van der Waals surface area contributed by atoms with E-state index in [1.54, 1.807) is 0 Å². The Hall–Kier alpha value is -0.960. The maximum Gasteiger partial charge on any atom is 0.286 e. The molecule has 1 amide bonds. The lowest BCUT2D eigenvalue weighted by atomic mass is 10.1. The molecule has 0 aliphatic carbocycles. The summed E-state index contributed by atoms with van der Waals surface area (Å²) in [7, 11) is 0. The highest BCUT2D eigenvalue weighted by Gasteiger charge is 2.16. The summed E-state index contributed by atoms with van der Waals surface area (Å²) in [6.45, 7) is 6.02. The van der Waals surface area contributed by atoms with Crippen LogP contribution in [0.25, 0.3) is 0 Å². The second kappa shape index (κ2) is 8.47. The van der Waals surface area contributed by atoms with E-state index in [2.05, 4.69) is 36.9 Å². The number of nitrogens with zero attached hydrogens (tertiary/aromatic N) is 1. The summed E-state index contributed by atoms with van der Waals surface area (Å²) in [5, 5.41) is 0.226. The quantitative estimate of drug-likeness (QED) is 0.633. The number of hydrogen-bond donors (Lipinski definition) is 0. The molecule has 21 heavy (non-hydrogen) atoms. The lowest BCUT2D eigenvalue weighted by Gasteiger charge is -2.23. The molecule has 1 aromatic carbocycles. The molecular weight excluding hydrogens is 278 g/mol. The van der Waals surface area contributed by atoms with Crippen molar-refractivity contribution in [3.8, 4) is 0 Å². The van der Waals surface area contributed by atoms with Gasteiger partial charge >= 0.3 is 0 Å². The van der Waals surface area contributed by atoms with Gasteiger partial charge < -0.3 is 4.90 Å². The summed E-state index contributed by atoms with van der Waals surface area (Å²) in [6, 6.07) is 6.33. The normalized spacial score (nSPS) is 17.5. The first-order valence-electron chi connectivity index (χ1n) is 8.21. The Balaban J connectivity index is 1.97. The fraction of sp³-hybridized carbons (Fsp3) is 0.611. The average Bonchev–Trinajstić information content (AvgIpc) is 2.48. The second-order valence-corrected chi connectivity index (χ2v) is 7.09. The molecule has 0 bridgehead atoms.